The quantitative estimate of drug-likeness (QED) is 0.179. The van der Waals surface area contributed by atoms with Crippen molar-refractivity contribution in [3.63, 3.8) is 0 Å². The summed E-state index contributed by atoms with van der Waals surface area (Å²) in [6.45, 7) is 0. The third-order valence-corrected chi connectivity index (χ3v) is 14.3. The largest absolute Gasteiger partial charge is 0.309 e. The van der Waals surface area contributed by atoms with E-state index in [0.717, 1.165) is 57.5 Å². The summed E-state index contributed by atoms with van der Waals surface area (Å²) >= 11 is 0. The lowest BCUT2D eigenvalue weighted by Gasteiger charge is -2.43. The number of hydrogen-bond acceptors (Lipinski definition) is 1. The molecule has 4 fully saturated rings. The smallest absolute Gasteiger partial charge is 0.145 e. The van der Waals surface area contributed by atoms with Crippen LogP contribution in [-0.2, 0) is 5.41 Å². The SMILES string of the molecule is c1ccc(-n2c(-c3cccc(-n4c5ccccc5c5cc(-c6cccc7c6-c6ccccc6C76C7CC8CC(C7)C6C8)ccc54)c3)nc3ccccc32)cc1. The first kappa shape index (κ1) is 30.2. The first-order valence-corrected chi connectivity index (χ1v) is 20.2. The molecule has 0 aliphatic heterocycles. The number of imidazole rings is 1. The van der Waals surface area contributed by atoms with Crippen LogP contribution in [0.2, 0.25) is 0 Å². The van der Waals surface area contributed by atoms with Crippen molar-refractivity contribution in [2.45, 2.75) is 31.1 Å². The van der Waals surface area contributed by atoms with E-state index in [9.17, 15) is 0 Å². The number of nitrogens with zero attached hydrogens (tertiary/aromatic N) is 3. The lowest BCUT2D eigenvalue weighted by atomic mass is 9.59. The van der Waals surface area contributed by atoms with Crippen LogP contribution in [0.25, 0.3) is 77.9 Å². The third kappa shape index (κ3) is 3.93. The zero-order valence-electron chi connectivity index (χ0n) is 30.6. The molecule has 3 nitrogen and oxygen atoms in total. The Hall–Kier alpha value is -6.19. The van der Waals surface area contributed by atoms with Crippen LogP contribution in [0.5, 0.6) is 0 Å². The molecule has 9 aromatic rings. The van der Waals surface area contributed by atoms with Crippen molar-refractivity contribution >= 4 is 32.8 Å². The van der Waals surface area contributed by atoms with Crippen molar-refractivity contribution < 1.29 is 0 Å². The molecular formula is C52H39N3. The van der Waals surface area contributed by atoms with Crippen LogP contribution in [0.15, 0.2) is 164 Å². The lowest BCUT2D eigenvalue weighted by molar-refractivity contribution is 0.191. The van der Waals surface area contributed by atoms with Gasteiger partial charge in [0.2, 0.25) is 0 Å². The van der Waals surface area contributed by atoms with E-state index in [-0.39, 0.29) is 5.41 Å². The summed E-state index contributed by atoms with van der Waals surface area (Å²) in [6.07, 6.45) is 5.69. The second kappa shape index (κ2) is 11.0. The summed E-state index contributed by atoms with van der Waals surface area (Å²) in [6, 6.07) is 60.8. The second-order valence-electron chi connectivity index (χ2n) is 16.7. The first-order valence-electron chi connectivity index (χ1n) is 20.2. The fraction of sp³-hybridized carbons (Fsp3) is 0.173. The number of aromatic nitrogens is 3. The van der Waals surface area contributed by atoms with Gasteiger partial charge < -0.3 is 4.57 Å². The minimum Gasteiger partial charge on any atom is -0.309 e. The van der Waals surface area contributed by atoms with Gasteiger partial charge in [0.25, 0.3) is 0 Å². The van der Waals surface area contributed by atoms with Crippen molar-refractivity contribution in [3.05, 3.63) is 175 Å². The molecule has 2 heterocycles. The van der Waals surface area contributed by atoms with Gasteiger partial charge >= 0.3 is 0 Å². The summed E-state index contributed by atoms with van der Waals surface area (Å²) in [5.41, 5.74) is 16.9. The Morgan fingerprint density at radius 3 is 2.16 bits per heavy atom. The van der Waals surface area contributed by atoms with Crippen molar-refractivity contribution in [2.75, 3.05) is 0 Å². The van der Waals surface area contributed by atoms with E-state index in [0.29, 0.717) is 0 Å². The molecule has 14 rings (SSSR count). The molecule has 5 atom stereocenters. The van der Waals surface area contributed by atoms with E-state index < -0.39 is 0 Å². The molecule has 262 valence electrons. The molecule has 5 aliphatic rings. The predicted octanol–water partition coefficient (Wildman–Crippen LogP) is 12.8. The molecule has 0 N–H and O–H groups in total. The topological polar surface area (TPSA) is 22.8 Å². The highest BCUT2D eigenvalue weighted by molar-refractivity contribution is 6.11. The van der Waals surface area contributed by atoms with Crippen molar-refractivity contribution in [1.82, 2.24) is 14.1 Å². The highest BCUT2D eigenvalue weighted by Crippen LogP contribution is 2.73. The second-order valence-corrected chi connectivity index (χ2v) is 16.7. The summed E-state index contributed by atoms with van der Waals surface area (Å²) in [5.74, 6) is 4.34. The van der Waals surface area contributed by atoms with E-state index in [1.165, 1.54) is 69.7 Å². The van der Waals surface area contributed by atoms with E-state index in [2.05, 4.69) is 173 Å². The van der Waals surface area contributed by atoms with Gasteiger partial charge in [0.05, 0.1) is 22.1 Å². The summed E-state index contributed by atoms with van der Waals surface area (Å²) < 4.78 is 4.73. The summed E-state index contributed by atoms with van der Waals surface area (Å²) in [7, 11) is 0. The summed E-state index contributed by atoms with van der Waals surface area (Å²) in [5, 5.41) is 2.56. The van der Waals surface area contributed by atoms with Gasteiger partial charge in [-0.2, -0.15) is 0 Å². The Kier molecular flexibility index (Phi) is 6.01. The Morgan fingerprint density at radius 2 is 1.24 bits per heavy atom. The molecule has 55 heavy (non-hydrogen) atoms. The van der Waals surface area contributed by atoms with Crippen LogP contribution in [-0.4, -0.2) is 14.1 Å². The fourth-order valence-corrected chi connectivity index (χ4v) is 12.5. The number of fused-ring (bicyclic) bond motifs is 7. The normalized spacial score (nSPS) is 23.1. The predicted molar refractivity (Wildman–Crippen MR) is 225 cm³/mol. The Labute approximate surface area is 320 Å². The van der Waals surface area contributed by atoms with Gasteiger partial charge in [-0.25, -0.2) is 4.98 Å². The molecule has 5 unspecified atom stereocenters. The number of para-hydroxylation sites is 4. The van der Waals surface area contributed by atoms with Gasteiger partial charge in [0, 0.05) is 33.1 Å². The molecule has 0 saturated heterocycles. The summed E-state index contributed by atoms with van der Waals surface area (Å²) in [4.78, 5) is 5.20. The van der Waals surface area contributed by atoms with Gasteiger partial charge in [-0.3, -0.25) is 4.57 Å². The number of rotatable bonds is 4. The maximum atomic E-state index is 5.20. The lowest BCUT2D eigenvalue weighted by Crippen LogP contribution is -2.40. The average Bonchev–Trinajstić information content (AvgIpc) is 4.00. The van der Waals surface area contributed by atoms with Gasteiger partial charge in [0.1, 0.15) is 5.82 Å². The highest BCUT2D eigenvalue weighted by Gasteiger charge is 2.66. The van der Waals surface area contributed by atoms with E-state index in [1.54, 1.807) is 11.1 Å². The third-order valence-electron chi connectivity index (χ3n) is 14.3. The molecule has 3 heteroatoms. The highest BCUT2D eigenvalue weighted by atomic mass is 15.1. The fourth-order valence-electron chi connectivity index (χ4n) is 12.5. The van der Waals surface area contributed by atoms with Crippen molar-refractivity contribution in [3.8, 4) is 45.0 Å². The van der Waals surface area contributed by atoms with Gasteiger partial charge in [-0.15, -0.1) is 0 Å². The molecule has 4 bridgehead atoms. The van der Waals surface area contributed by atoms with Gasteiger partial charge in [-0.05, 0) is 137 Å². The zero-order valence-corrected chi connectivity index (χ0v) is 30.6. The Balaban J connectivity index is 0.989. The molecule has 2 aromatic heterocycles. The maximum absolute atomic E-state index is 5.20. The van der Waals surface area contributed by atoms with Crippen LogP contribution in [0.3, 0.4) is 0 Å². The van der Waals surface area contributed by atoms with Crippen LogP contribution in [0, 0.1) is 23.7 Å². The minimum absolute atomic E-state index is 0.186. The molecule has 1 spiro atoms. The zero-order chi connectivity index (χ0) is 35.8. The number of benzene rings is 7. The van der Waals surface area contributed by atoms with E-state index in [4.69, 9.17) is 4.98 Å². The Bertz CT molecular complexity index is 3030. The van der Waals surface area contributed by atoms with Crippen molar-refractivity contribution in [1.29, 1.82) is 0 Å². The van der Waals surface area contributed by atoms with Crippen LogP contribution >= 0.6 is 0 Å². The molecule has 5 aliphatic carbocycles. The van der Waals surface area contributed by atoms with Crippen LogP contribution in [0.4, 0.5) is 0 Å². The van der Waals surface area contributed by atoms with E-state index >= 15 is 0 Å². The van der Waals surface area contributed by atoms with Gasteiger partial charge in [0.15, 0.2) is 0 Å². The molecule has 0 radical (unpaired) electrons. The minimum atomic E-state index is 0.186. The monoisotopic (exact) mass is 705 g/mol. The number of hydrogen-bond donors (Lipinski definition) is 0. The molecule has 7 aromatic carbocycles. The average molecular weight is 706 g/mol. The maximum Gasteiger partial charge on any atom is 0.145 e. The molecule has 0 amide bonds. The van der Waals surface area contributed by atoms with Crippen LogP contribution in [0.1, 0.15) is 36.8 Å². The van der Waals surface area contributed by atoms with Crippen LogP contribution < -0.4 is 0 Å². The molecule has 4 saturated carbocycles. The van der Waals surface area contributed by atoms with Gasteiger partial charge in [-0.1, -0.05) is 109 Å². The van der Waals surface area contributed by atoms with E-state index in [1.807, 2.05) is 0 Å². The first-order chi connectivity index (χ1) is 27.3. The van der Waals surface area contributed by atoms with Crippen molar-refractivity contribution in [2.24, 2.45) is 23.7 Å². The molecular weight excluding hydrogens is 667 g/mol. The Morgan fingerprint density at radius 1 is 0.491 bits per heavy atom. The standard InChI is InChI=1S/C52H39N3/c1-2-13-37(14-3-1)55-49-23-9-7-21-46(49)53-51(55)34-12-10-15-38(30-34)54-47-22-8-5-16-40(47)42-31-33(24-25-48(42)54)39-18-11-20-44-50(39)41-17-4-6-19-43(41)52(44)36-27-32-26-35(29-36)45(52)28-32/h1-25,30-32,35-36,45H,26-29H2.